The van der Waals surface area contributed by atoms with Gasteiger partial charge in [0, 0.05) is 13.1 Å². The molecule has 0 bridgehead atoms. The molecule has 2 nitrogen and oxygen atoms in total. The minimum Gasteiger partial charge on any atom is -0.365 e. The second-order valence-electron chi connectivity index (χ2n) is 5.57. The van der Waals surface area contributed by atoms with Gasteiger partial charge in [0.2, 0.25) is 0 Å². The average Bonchev–Trinajstić information content (AvgIpc) is 2.37. The van der Waals surface area contributed by atoms with Crippen molar-refractivity contribution in [2.24, 2.45) is 0 Å². The van der Waals surface area contributed by atoms with E-state index in [4.69, 9.17) is 4.74 Å². The molecule has 18 heavy (non-hydrogen) atoms. The van der Waals surface area contributed by atoms with Crippen molar-refractivity contribution < 1.29 is 4.74 Å². The molecular weight excluding hydrogens is 222 g/mol. The van der Waals surface area contributed by atoms with Gasteiger partial charge in [0.1, 0.15) is 0 Å². The van der Waals surface area contributed by atoms with Gasteiger partial charge in [0.05, 0.1) is 11.7 Å². The molecule has 1 aliphatic rings. The Morgan fingerprint density at radius 2 is 1.89 bits per heavy atom. The van der Waals surface area contributed by atoms with E-state index in [0.717, 1.165) is 13.1 Å². The lowest BCUT2D eigenvalue weighted by Crippen LogP contribution is -2.46. The molecule has 0 radical (unpaired) electrons. The molecule has 2 aromatic rings. The molecule has 1 N–H and O–H groups in total. The first-order chi connectivity index (χ1) is 8.66. The van der Waals surface area contributed by atoms with Gasteiger partial charge in [0.15, 0.2) is 0 Å². The van der Waals surface area contributed by atoms with Crippen LogP contribution in [0.3, 0.4) is 0 Å². The number of ether oxygens (including phenoxy) is 1. The Labute approximate surface area is 108 Å². The zero-order chi connectivity index (χ0) is 12.6. The highest BCUT2D eigenvalue weighted by Crippen LogP contribution is 2.31. The third kappa shape index (κ3) is 2.14. The van der Waals surface area contributed by atoms with Crippen LogP contribution in [-0.4, -0.2) is 18.7 Å². The van der Waals surface area contributed by atoms with Gasteiger partial charge < -0.3 is 10.1 Å². The molecule has 1 heterocycles. The van der Waals surface area contributed by atoms with Gasteiger partial charge in [-0.2, -0.15) is 0 Å². The van der Waals surface area contributed by atoms with E-state index in [0.29, 0.717) is 0 Å². The van der Waals surface area contributed by atoms with Crippen LogP contribution in [0, 0.1) is 0 Å². The molecule has 0 aliphatic carbocycles. The van der Waals surface area contributed by atoms with Crippen molar-refractivity contribution in [1.82, 2.24) is 5.32 Å². The molecule has 1 saturated heterocycles. The highest BCUT2D eigenvalue weighted by Gasteiger charge is 2.29. The molecule has 0 saturated carbocycles. The molecule has 0 amide bonds. The van der Waals surface area contributed by atoms with Crippen molar-refractivity contribution in [3.05, 3.63) is 48.0 Å². The first kappa shape index (κ1) is 11.7. The topological polar surface area (TPSA) is 21.3 Å². The molecule has 0 aromatic heterocycles. The van der Waals surface area contributed by atoms with Crippen molar-refractivity contribution in [2.45, 2.75) is 25.6 Å². The summed E-state index contributed by atoms with van der Waals surface area (Å²) in [7, 11) is 0. The highest BCUT2D eigenvalue weighted by atomic mass is 16.5. The molecule has 0 spiro atoms. The molecule has 94 valence electrons. The van der Waals surface area contributed by atoms with E-state index in [2.05, 4.69) is 61.6 Å². The van der Waals surface area contributed by atoms with Gasteiger partial charge in [-0.15, -0.1) is 0 Å². The standard InChI is InChI=1S/C16H19NO/c1-16(2)11-17-10-15(18-16)14-9-5-7-12-6-3-4-8-13(12)14/h3-9,15,17H,10-11H2,1-2H3. The average molecular weight is 241 g/mol. The summed E-state index contributed by atoms with van der Waals surface area (Å²) in [5, 5.41) is 6.04. The van der Waals surface area contributed by atoms with Crippen LogP contribution in [0.25, 0.3) is 10.8 Å². The second-order valence-corrected chi connectivity index (χ2v) is 5.57. The van der Waals surface area contributed by atoms with Gasteiger partial charge in [-0.25, -0.2) is 0 Å². The van der Waals surface area contributed by atoms with Crippen LogP contribution in [0.5, 0.6) is 0 Å². The predicted octanol–water partition coefficient (Wildman–Crippen LogP) is 3.28. The summed E-state index contributed by atoms with van der Waals surface area (Å²) in [6.45, 7) is 6.07. The lowest BCUT2D eigenvalue weighted by atomic mass is 9.97. The fourth-order valence-corrected chi connectivity index (χ4v) is 2.68. The number of morpholine rings is 1. The maximum atomic E-state index is 6.21. The maximum absolute atomic E-state index is 6.21. The fourth-order valence-electron chi connectivity index (χ4n) is 2.68. The highest BCUT2D eigenvalue weighted by molar-refractivity contribution is 5.86. The third-order valence-electron chi connectivity index (χ3n) is 3.51. The Hall–Kier alpha value is -1.38. The first-order valence-corrected chi connectivity index (χ1v) is 6.52. The molecule has 1 unspecified atom stereocenters. The zero-order valence-corrected chi connectivity index (χ0v) is 10.9. The zero-order valence-electron chi connectivity index (χ0n) is 10.9. The summed E-state index contributed by atoms with van der Waals surface area (Å²) in [5.41, 5.74) is 1.19. The number of nitrogens with one attached hydrogen (secondary N) is 1. The summed E-state index contributed by atoms with van der Waals surface area (Å²) in [4.78, 5) is 0. The molecule has 1 aliphatic heterocycles. The molecule has 2 heteroatoms. The number of rotatable bonds is 1. The summed E-state index contributed by atoms with van der Waals surface area (Å²) in [6, 6.07) is 14.9. The Morgan fingerprint density at radius 1 is 1.11 bits per heavy atom. The molecule has 1 fully saturated rings. The minimum atomic E-state index is -0.0974. The van der Waals surface area contributed by atoms with E-state index in [-0.39, 0.29) is 11.7 Å². The van der Waals surface area contributed by atoms with E-state index in [1.165, 1.54) is 16.3 Å². The van der Waals surface area contributed by atoms with Crippen LogP contribution in [-0.2, 0) is 4.74 Å². The van der Waals surface area contributed by atoms with E-state index < -0.39 is 0 Å². The van der Waals surface area contributed by atoms with Crippen LogP contribution >= 0.6 is 0 Å². The minimum absolute atomic E-state index is 0.0974. The third-order valence-corrected chi connectivity index (χ3v) is 3.51. The van der Waals surface area contributed by atoms with Crippen LogP contribution < -0.4 is 5.32 Å². The van der Waals surface area contributed by atoms with Crippen molar-refractivity contribution in [3.8, 4) is 0 Å². The quantitative estimate of drug-likeness (QED) is 0.827. The lowest BCUT2D eigenvalue weighted by Gasteiger charge is -2.37. The summed E-state index contributed by atoms with van der Waals surface area (Å²) in [6.07, 6.45) is 0.139. The van der Waals surface area contributed by atoms with Crippen LogP contribution in [0.1, 0.15) is 25.5 Å². The van der Waals surface area contributed by atoms with Crippen molar-refractivity contribution in [2.75, 3.05) is 13.1 Å². The summed E-state index contributed by atoms with van der Waals surface area (Å²) < 4.78 is 6.21. The van der Waals surface area contributed by atoms with Crippen molar-refractivity contribution >= 4 is 10.8 Å². The predicted molar refractivity (Wildman–Crippen MR) is 74.7 cm³/mol. The Kier molecular flexibility index (Phi) is 2.84. The lowest BCUT2D eigenvalue weighted by molar-refractivity contribution is -0.0952. The Morgan fingerprint density at radius 3 is 2.72 bits per heavy atom. The molecule has 1 atom stereocenters. The van der Waals surface area contributed by atoms with Gasteiger partial charge in [-0.3, -0.25) is 0 Å². The SMILES string of the molecule is CC1(C)CNCC(c2cccc3ccccc23)O1. The van der Waals surface area contributed by atoms with Gasteiger partial charge in [-0.1, -0.05) is 42.5 Å². The van der Waals surface area contributed by atoms with E-state index in [1.54, 1.807) is 0 Å². The Bertz CT molecular complexity index is 557. The molecular formula is C16H19NO. The van der Waals surface area contributed by atoms with E-state index in [1.807, 2.05) is 0 Å². The largest absolute Gasteiger partial charge is 0.365 e. The van der Waals surface area contributed by atoms with Crippen LogP contribution in [0.2, 0.25) is 0 Å². The van der Waals surface area contributed by atoms with E-state index in [9.17, 15) is 0 Å². The van der Waals surface area contributed by atoms with Gasteiger partial charge >= 0.3 is 0 Å². The summed E-state index contributed by atoms with van der Waals surface area (Å²) in [5.74, 6) is 0. The maximum Gasteiger partial charge on any atom is 0.0963 e. The normalized spacial score (nSPS) is 23.1. The van der Waals surface area contributed by atoms with Crippen molar-refractivity contribution in [1.29, 1.82) is 0 Å². The van der Waals surface area contributed by atoms with Crippen molar-refractivity contribution in [3.63, 3.8) is 0 Å². The van der Waals surface area contributed by atoms with E-state index >= 15 is 0 Å². The van der Waals surface area contributed by atoms with Gasteiger partial charge in [-0.05, 0) is 30.2 Å². The number of benzene rings is 2. The smallest absolute Gasteiger partial charge is 0.0963 e. The number of hydrogen-bond donors (Lipinski definition) is 1. The first-order valence-electron chi connectivity index (χ1n) is 6.52. The molecule has 3 rings (SSSR count). The fraction of sp³-hybridized carbons (Fsp3) is 0.375. The summed E-state index contributed by atoms with van der Waals surface area (Å²) >= 11 is 0. The molecule has 2 aromatic carbocycles. The Balaban J connectivity index is 2.04. The second kappa shape index (κ2) is 4.38. The number of fused-ring (bicyclic) bond motifs is 1. The monoisotopic (exact) mass is 241 g/mol. The van der Waals surface area contributed by atoms with Crippen LogP contribution in [0.4, 0.5) is 0 Å². The number of hydrogen-bond acceptors (Lipinski definition) is 2. The van der Waals surface area contributed by atoms with Gasteiger partial charge in [0.25, 0.3) is 0 Å². The van der Waals surface area contributed by atoms with Crippen LogP contribution in [0.15, 0.2) is 42.5 Å².